The third kappa shape index (κ3) is 4.66. The molecular weight excluding hydrogens is 342 g/mol. The predicted molar refractivity (Wildman–Crippen MR) is 78.5 cm³/mol. The summed E-state index contributed by atoms with van der Waals surface area (Å²) in [5.41, 5.74) is 0.660. The molecule has 0 amide bonds. The van der Waals surface area contributed by atoms with Gasteiger partial charge >= 0.3 is 0 Å². The number of hydrogen-bond donors (Lipinski definition) is 1. The lowest BCUT2D eigenvalue weighted by atomic mass is 10.2. The third-order valence-corrected chi connectivity index (χ3v) is 4.08. The lowest BCUT2D eigenvalue weighted by molar-refractivity contribution is 0.413. The van der Waals surface area contributed by atoms with Crippen LogP contribution < -0.4 is 10.1 Å². The van der Waals surface area contributed by atoms with Crippen LogP contribution in [0.1, 0.15) is 6.92 Å². The summed E-state index contributed by atoms with van der Waals surface area (Å²) >= 11 is 9.29. The minimum atomic E-state index is -3.03. The monoisotopic (exact) mass is 355 g/mol. The normalized spacial score (nSPS) is 13.2. The van der Waals surface area contributed by atoms with Gasteiger partial charge in [0, 0.05) is 17.3 Å². The van der Waals surface area contributed by atoms with Gasteiger partial charge in [-0.2, -0.15) is 0 Å². The third-order valence-electron chi connectivity index (χ3n) is 2.17. The van der Waals surface area contributed by atoms with Crippen molar-refractivity contribution in [2.75, 3.05) is 24.4 Å². The van der Waals surface area contributed by atoms with Crippen molar-refractivity contribution in [1.82, 2.24) is 0 Å². The highest BCUT2D eigenvalue weighted by Crippen LogP contribution is 2.36. The molecule has 1 aromatic rings. The zero-order valence-electron chi connectivity index (χ0n) is 10.3. The summed E-state index contributed by atoms with van der Waals surface area (Å²) in [6, 6.07) is 3.18. The van der Waals surface area contributed by atoms with E-state index in [-0.39, 0.29) is 11.8 Å². The van der Waals surface area contributed by atoms with Crippen molar-refractivity contribution >= 4 is 43.1 Å². The summed E-state index contributed by atoms with van der Waals surface area (Å²) < 4.78 is 28.4. The zero-order chi connectivity index (χ0) is 13.9. The van der Waals surface area contributed by atoms with Crippen molar-refractivity contribution in [3.63, 3.8) is 0 Å². The van der Waals surface area contributed by atoms with Crippen molar-refractivity contribution < 1.29 is 13.2 Å². The predicted octanol–water partition coefficient (Wildman–Crippen LogP) is 2.96. The summed E-state index contributed by atoms with van der Waals surface area (Å²) in [6.07, 6.45) is 1.20. The van der Waals surface area contributed by atoms with Crippen LogP contribution in [0.4, 0.5) is 5.69 Å². The molecule has 7 heteroatoms. The molecule has 1 aromatic carbocycles. The van der Waals surface area contributed by atoms with Crippen LogP contribution in [0, 0.1) is 0 Å². The number of halogens is 2. The molecule has 0 fully saturated rings. The zero-order valence-corrected chi connectivity index (χ0v) is 13.5. The lowest BCUT2D eigenvalue weighted by Crippen LogP contribution is -2.25. The SMILES string of the molecule is COc1c(Br)cc(Cl)cc1NC(C)CS(C)(=O)=O. The van der Waals surface area contributed by atoms with Gasteiger partial charge in [-0.15, -0.1) is 0 Å². The molecule has 0 spiro atoms. The average Bonchev–Trinajstić information content (AvgIpc) is 2.13. The van der Waals surface area contributed by atoms with Crippen molar-refractivity contribution in [2.24, 2.45) is 0 Å². The minimum absolute atomic E-state index is 0.0420. The Hall–Kier alpha value is -0.460. The number of methoxy groups -OCH3 is 1. The molecule has 0 saturated carbocycles. The molecule has 0 aliphatic carbocycles. The Morgan fingerprint density at radius 1 is 1.50 bits per heavy atom. The number of benzene rings is 1. The van der Waals surface area contributed by atoms with Gasteiger partial charge in [-0.25, -0.2) is 8.42 Å². The van der Waals surface area contributed by atoms with E-state index in [2.05, 4.69) is 21.2 Å². The van der Waals surface area contributed by atoms with E-state index in [1.807, 2.05) is 0 Å². The second-order valence-electron chi connectivity index (χ2n) is 4.11. The molecular formula is C11H15BrClNO3S. The summed E-state index contributed by atoms with van der Waals surface area (Å²) in [4.78, 5) is 0. The van der Waals surface area contributed by atoms with Gasteiger partial charge in [-0.3, -0.25) is 0 Å². The van der Waals surface area contributed by atoms with Crippen LogP contribution in [0.2, 0.25) is 5.02 Å². The van der Waals surface area contributed by atoms with Crippen LogP contribution in [-0.2, 0) is 9.84 Å². The maximum absolute atomic E-state index is 11.2. The highest BCUT2D eigenvalue weighted by molar-refractivity contribution is 9.10. The first-order valence-corrected chi connectivity index (χ1v) is 8.43. The number of nitrogens with one attached hydrogen (secondary N) is 1. The summed E-state index contributed by atoms with van der Waals surface area (Å²) in [7, 11) is -1.49. The quantitative estimate of drug-likeness (QED) is 0.881. The summed E-state index contributed by atoms with van der Waals surface area (Å²) in [5.74, 6) is 0.639. The Kier molecular flexibility index (Phi) is 5.31. The van der Waals surface area contributed by atoms with E-state index in [1.54, 1.807) is 26.2 Å². The average molecular weight is 357 g/mol. The standard InChI is InChI=1S/C11H15BrClNO3S/c1-7(6-18(3,15)16)14-10-5-8(13)4-9(12)11(10)17-2/h4-5,7,14H,6H2,1-3H3. The minimum Gasteiger partial charge on any atom is -0.493 e. The number of sulfone groups is 1. The van der Waals surface area contributed by atoms with Crippen molar-refractivity contribution in [1.29, 1.82) is 0 Å². The highest BCUT2D eigenvalue weighted by Gasteiger charge is 2.14. The number of anilines is 1. The Morgan fingerprint density at radius 2 is 2.11 bits per heavy atom. The van der Waals surface area contributed by atoms with Gasteiger partial charge in [0.25, 0.3) is 0 Å². The molecule has 4 nitrogen and oxygen atoms in total. The molecule has 0 radical (unpaired) electrons. The molecule has 0 aliphatic rings. The molecule has 1 rings (SSSR count). The molecule has 0 heterocycles. The second kappa shape index (κ2) is 6.12. The molecule has 0 aromatic heterocycles. The fourth-order valence-electron chi connectivity index (χ4n) is 1.64. The van der Waals surface area contributed by atoms with Crippen molar-refractivity contribution in [2.45, 2.75) is 13.0 Å². The van der Waals surface area contributed by atoms with E-state index in [0.29, 0.717) is 20.9 Å². The van der Waals surface area contributed by atoms with Crippen molar-refractivity contribution in [3.8, 4) is 5.75 Å². The van der Waals surface area contributed by atoms with Crippen LogP contribution >= 0.6 is 27.5 Å². The maximum atomic E-state index is 11.2. The van der Waals surface area contributed by atoms with Crippen LogP contribution in [0.3, 0.4) is 0 Å². The Morgan fingerprint density at radius 3 is 2.61 bits per heavy atom. The first kappa shape index (κ1) is 15.6. The van der Waals surface area contributed by atoms with Gasteiger partial charge in [-0.05, 0) is 35.0 Å². The summed E-state index contributed by atoms with van der Waals surface area (Å²) in [5, 5.41) is 3.62. The Balaban J connectivity index is 2.96. The molecule has 0 bridgehead atoms. The molecule has 0 saturated heterocycles. The van der Waals surface area contributed by atoms with E-state index < -0.39 is 9.84 Å². The molecule has 1 N–H and O–H groups in total. The van der Waals surface area contributed by atoms with E-state index in [0.717, 1.165) is 0 Å². The van der Waals surface area contributed by atoms with E-state index in [9.17, 15) is 8.42 Å². The van der Waals surface area contributed by atoms with Crippen LogP contribution in [-0.4, -0.2) is 33.6 Å². The first-order chi connectivity index (χ1) is 8.23. The Labute approximate surface area is 121 Å². The second-order valence-corrected chi connectivity index (χ2v) is 7.58. The smallest absolute Gasteiger partial charge is 0.156 e. The van der Waals surface area contributed by atoms with Crippen LogP contribution in [0.15, 0.2) is 16.6 Å². The molecule has 18 heavy (non-hydrogen) atoms. The summed E-state index contributed by atoms with van der Waals surface area (Å²) in [6.45, 7) is 1.79. The molecule has 0 aliphatic heterocycles. The van der Waals surface area contributed by atoms with Gasteiger partial charge in [0.05, 0.1) is 23.0 Å². The fraction of sp³-hybridized carbons (Fsp3) is 0.455. The van der Waals surface area contributed by atoms with Gasteiger partial charge in [0.15, 0.2) is 5.75 Å². The molecule has 102 valence electrons. The van der Waals surface area contributed by atoms with Crippen LogP contribution in [0.25, 0.3) is 0 Å². The molecule has 1 atom stereocenters. The number of hydrogen-bond acceptors (Lipinski definition) is 4. The first-order valence-electron chi connectivity index (χ1n) is 5.20. The van der Waals surface area contributed by atoms with E-state index in [1.165, 1.54) is 6.26 Å². The highest BCUT2D eigenvalue weighted by atomic mass is 79.9. The van der Waals surface area contributed by atoms with E-state index >= 15 is 0 Å². The van der Waals surface area contributed by atoms with E-state index in [4.69, 9.17) is 16.3 Å². The Bertz CT molecular complexity index is 533. The van der Waals surface area contributed by atoms with Gasteiger partial charge < -0.3 is 10.1 Å². The van der Waals surface area contributed by atoms with Crippen LogP contribution in [0.5, 0.6) is 5.75 Å². The maximum Gasteiger partial charge on any atom is 0.156 e. The fourth-order valence-corrected chi connectivity index (χ4v) is 3.60. The molecule has 1 unspecified atom stereocenters. The number of ether oxygens (including phenoxy) is 1. The lowest BCUT2D eigenvalue weighted by Gasteiger charge is -2.18. The van der Waals surface area contributed by atoms with Gasteiger partial charge in [0.1, 0.15) is 9.84 Å². The van der Waals surface area contributed by atoms with Gasteiger partial charge in [-0.1, -0.05) is 11.6 Å². The van der Waals surface area contributed by atoms with Crippen molar-refractivity contribution in [3.05, 3.63) is 21.6 Å². The largest absolute Gasteiger partial charge is 0.493 e. The number of rotatable bonds is 5. The van der Waals surface area contributed by atoms with Gasteiger partial charge in [0.2, 0.25) is 0 Å². The topological polar surface area (TPSA) is 55.4 Å².